The fraction of sp³-hybridized carbons (Fsp3) is 0.345. The highest BCUT2D eigenvalue weighted by Gasteiger charge is 2.36. The van der Waals surface area contributed by atoms with Gasteiger partial charge < -0.3 is 14.8 Å². The molecule has 0 bridgehead atoms. The number of carbonyl (C=O) groups excluding carboxylic acids is 2. The van der Waals surface area contributed by atoms with Gasteiger partial charge in [-0.25, -0.2) is 0 Å². The van der Waals surface area contributed by atoms with Crippen molar-refractivity contribution >= 4 is 40.4 Å². The number of tetrazole rings is 1. The van der Waals surface area contributed by atoms with Crippen LogP contribution in [-0.4, -0.2) is 52.3 Å². The molecule has 1 fully saturated rings. The number of aromatic nitrogens is 4. The van der Waals surface area contributed by atoms with Gasteiger partial charge in [-0.2, -0.15) is 4.80 Å². The number of amides is 2. The van der Waals surface area contributed by atoms with Crippen LogP contribution in [0.2, 0.25) is 5.02 Å². The minimum Gasteiger partial charge on any atom is -0.497 e. The van der Waals surface area contributed by atoms with E-state index in [-0.39, 0.29) is 18.5 Å². The smallest absolute Gasteiger partial charge is 0.251 e. The lowest BCUT2D eigenvalue weighted by molar-refractivity contribution is -0.127. The summed E-state index contributed by atoms with van der Waals surface area (Å²) in [6, 6.07) is 14.7. The Labute approximate surface area is 247 Å². The third kappa shape index (κ3) is 6.68. The number of rotatable bonds is 10. The van der Waals surface area contributed by atoms with Gasteiger partial charge in [0.1, 0.15) is 24.1 Å². The number of anilines is 1. The lowest BCUT2D eigenvalue weighted by Gasteiger charge is -2.34. The first-order valence-electron chi connectivity index (χ1n) is 13.4. The molecule has 0 spiro atoms. The minimum absolute atomic E-state index is 0.0165. The summed E-state index contributed by atoms with van der Waals surface area (Å²) < 4.78 is 11.2. The van der Waals surface area contributed by atoms with Crippen LogP contribution in [0, 0.1) is 0 Å². The summed E-state index contributed by atoms with van der Waals surface area (Å²) in [5.41, 5.74) is 0.959. The van der Waals surface area contributed by atoms with E-state index in [1.54, 1.807) is 49.6 Å². The van der Waals surface area contributed by atoms with Crippen molar-refractivity contribution < 1.29 is 19.1 Å². The van der Waals surface area contributed by atoms with Gasteiger partial charge in [-0.3, -0.25) is 14.5 Å². The van der Waals surface area contributed by atoms with Gasteiger partial charge in [0, 0.05) is 22.3 Å². The average Bonchev–Trinajstić information content (AvgIpc) is 3.69. The molecule has 10 nitrogen and oxygen atoms in total. The van der Waals surface area contributed by atoms with Crippen LogP contribution in [0.4, 0.5) is 5.69 Å². The van der Waals surface area contributed by atoms with Crippen LogP contribution in [-0.2, 0) is 16.1 Å². The number of hydrogen-bond donors (Lipinski definition) is 1. The standard InChI is InChI=1S/C29H31ClN6O4S/c1-39-22-14-15-24(40-2)23(17-22)27(29(38)31-20-7-4-3-5-8-20)36(21-12-10-19(30)11-13-21)26(37)18-35-33-28(32-34-35)25-9-6-16-41-25/h6,9-17,20,27H,3-5,7-8,18H2,1-2H3,(H,31,38)/t27-/m1/s1. The number of benzene rings is 2. The zero-order valence-electron chi connectivity index (χ0n) is 22.8. The molecule has 1 saturated carbocycles. The molecular weight excluding hydrogens is 564 g/mol. The van der Waals surface area contributed by atoms with Crippen molar-refractivity contribution in [2.45, 2.75) is 50.7 Å². The van der Waals surface area contributed by atoms with E-state index in [4.69, 9.17) is 21.1 Å². The molecule has 5 rings (SSSR count). The number of ether oxygens (including phenoxy) is 2. The zero-order valence-corrected chi connectivity index (χ0v) is 24.4. The van der Waals surface area contributed by atoms with Crippen LogP contribution in [0.1, 0.15) is 43.7 Å². The first-order valence-corrected chi connectivity index (χ1v) is 14.6. The number of nitrogens with one attached hydrogen (secondary N) is 1. The molecule has 2 amide bonds. The van der Waals surface area contributed by atoms with Crippen molar-refractivity contribution in [3.8, 4) is 22.2 Å². The third-order valence-corrected chi connectivity index (χ3v) is 8.15. The van der Waals surface area contributed by atoms with Crippen molar-refractivity contribution in [2.24, 2.45) is 0 Å². The Kier molecular flexibility index (Phi) is 9.15. The topological polar surface area (TPSA) is 111 Å². The molecule has 1 atom stereocenters. The van der Waals surface area contributed by atoms with E-state index in [9.17, 15) is 9.59 Å². The van der Waals surface area contributed by atoms with E-state index in [0.717, 1.165) is 37.0 Å². The first kappa shape index (κ1) is 28.6. The van der Waals surface area contributed by atoms with Gasteiger partial charge in [0.05, 0.1) is 19.1 Å². The van der Waals surface area contributed by atoms with Gasteiger partial charge in [-0.05, 0) is 72.0 Å². The predicted molar refractivity (Wildman–Crippen MR) is 157 cm³/mol. The van der Waals surface area contributed by atoms with E-state index in [1.165, 1.54) is 28.1 Å². The molecule has 1 aliphatic carbocycles. The SMILES string of the molecule is COc1ccc(OC)c([C@H](C(=O)NC2CCCCC2)N(C(=O)Cn2nnc(-c3cccs3)n2)c2ccc(Cl)cc2)c1. The summed E-state index contributed by atoms with van der Waals surface area (Å²) in [6.45, 7) is -0.250. The normalized spacial score (nSPS) is 14.3. The molecule has 41 heavy (non-hydrogen) atoms. The second-order valence-electron chi connectivity index (χ2n) is 9.71. The lowest BCUT2D eigenvalue weighted by Crippen LogP contribution is -2.48. The maximum atomic E-state index is 14.2. The van der Waals surface area contributed by atoms with Crippen LogP contribution in [0.25, 0.3) is 10.7 Å². The van der Waals surface area contributed by atoms with Crippen molar-refractivity contribution in [2.75, 3.05) is 19.1 Å². The van der Waals surface area contributed by atoms with Crippen LogP contribution < -0.4 is 19.7 Å². The van der Waals surface area contributed by atoms with Crippen molar-refractivity contribution in [3.05, 3.63) is 70.6 Å². The second-order valence-corrected chi connectivity index (χ2v) is 11.1. The summed E-state index contributed by atoms with van der Waals surface area (Å²) in [7, 11) is 3.08. The Bertz CT molecular complexity index is 1470. The average molecular weight is 595 g/mol. The summed E-state index contributed by atoms with van der Waals surface area (Å²) in [5, 5.41) is 18.2. The molecular formula is C29H31ClN6O4S. The number of nitrogens with zero attached hydrogens (tertiary/aromatic N) is 5. The highest BCUT2D eigenvalue weighted by Crippen LogP contribution is 2.37. The van der Waals surface area contributed by atoms with E-state index < -0.39 is 11.9 Å². The number of thiophene rings is 1. The molecule has 1 aliphatic rings. The predicted octanol–water partition coefficient (Wildman–Crippen LogP) is 5.30. The number of methoxy groups -OCH3 is 2. The summed E-state index contributed by atoms with van der Waals surface area (Å²) in [6.07, 6.45) is 5.01. The van der Waals surface area contributed by atoms with Gasteiger partial charge in [0.15, 0.2) is 0 Å². The first-order chi connectivity index (χ1) is 20.0. The van der Waals surface area contributed by atoms with Crippen LogP contribution in [0.15, 0.2) is 60.0 Å². The maximum Gasteiger partial charge on any atom is 0.251 e. The number of hydrogen-bond acceptors (Lipinski definition) is 8. The quantitative estimate of drug-likeness (QED) is 0.265. The largest absolute Gasteiger partial charge is 0.497 e. The fourth-order valence-electron chi connectivity index (χ4n) is 5.03. The fourth-order valence-corrected chi connectivity index (χ4v) is 5.80. The molecule has 1 N–H and O–H groups in total. The summed E-state index contributed by atoms with van der Waals surface area (Å²) in [4.78, 5) is 31.9. The zero-order chi connectivity index (χ0) is 28.8. The molecule has 2 heterocycles. The van der Waals surface area contributed by atoms with E-state index in [1.807, 2.05) is 17.5 Å². The molecule has 0 saturated heterocycles. The molecule has 0 radical (unpaired) electrons. The van der Waals surface area contributed by atoms with E-state index in [2.05, 4.69) is 20.7 Å². The second kappa shape index (κ2) is 13.1. The monoisotopic (exact) mass is 594 g/mol. The van der Waals surface area contributed by atoms with Crippen molar-refractivity contribution in [1.29, 1.82) is 0 Å². The Morgan fingerprint density at radius 1 is 1.10 bits per heavy atom. The Morgan fingerprint density at radius 3 is 2.56 bits per heavy atom. The number of halogens is 1. The van der Waals surface area contributed by atoms with Crippen LogP contribution in [0.3, 0.4) is 0 Å². The molecule has 0 aliphatic heterocycles. The van der Waals surface area contributed by atoms with E-state index >= 15 is 0 Å². The van der Waals surface area contributed by atoms with E-state index in [0.29, 0.717) is 33.6 Å². The van der Waals surface area contributed by atoms with Gasteiger partial charge in [-0.15, -0.1) is 21.5 Å². The van der Waals surface area contributed by atoms with Crippen LogP contribution >= 0.6 is 22.9 Å². The Hall–Kier alpha value is -3.96. The van der Waals surface area contributed by atoms with Gasteiger partial charge in [0.25, 0.3) is 5.91 Å². The molecule has 2 aromatic carbocycles. The maximum absolute atomic E-state index is 14.2. The molecule has 0 unspecified atom stereocenters. The third-order valence-electron chi connectivity index (χ3n) is 7.03. The lowest BCUT2D eigenvalue weighted by atomic mass is 9.94. The molecule has 12 heteroatoms. The highest BCUT2D eigenvalue weighted by molar-refractivity contribution is 7.13. The van der Waals surface area contributed by atoms with Gasteiger partial charge >= 0.3 is 0 Å². The Morgan fingerprint density at radius 2 is 1.88 bits per heavy atom. The molecule has 4 aromatic rings. The summed E-state index contributed by atoms with van der Waals surface area (Å²) >= 11 is 7.68. The van der Waals surface area contributed by atoms with Gasteiger partial charge in [0.2, 0.25) is 11.7 Å². The molecule has 214 valence electrons. The highest BCUT2D eigenvalue weighted by atomic mass is 35.5. The minimum atomic E-state index is -1.09. The van der Waals surface area contributed by atoms with Crippen molar-refractivity contribution in [3.63, 3.8) is 0 Å². The molecule has 2 aromatic heterocycles. The number of carbonyl (C=O) groups is 2. The Balaban J connectivity index is 1.57. The van der Waals surface area contributed by atoms with Gasteiger partial charge in [-0.1, -0.05) is 36.9 Å². The van der Waals surface area contributed by atoms with Crippen LogP contribution in [0.5, 0.6) is 11.5 Å². The summed E-state index contributed by atoms with van der Waals surface area (Å²) in [5.74, 6) is 0.652. The van der Waals surface area contributed by atoms with Crippen molar-refractivity contribution in [1.82, 2.24) is 25.5 Å².